The van der Waals surface area contributed by atoms with E-state index in [-0.39, 0.29) is 11.8 Å². The van der Waals surface area contributed by atoms with Gasteiger partial charge in [-0.2, -0.15) is 5.10 Å². The van der Waals surface area contributed by atoms with Crippen molar-refractivity contribution in [2.24, 2.45) is 0 Å². The molecule has 5 nitrogen and oxygen atoms in total. The fourth-order valence-electron chi connectivity index (χ4n) is 3.30. The number of fused-ring (bicyclic) bond motifs is 1. The van der Waals surface area contributed by atoms with Crippen molar-refractivity contribution in [1.29, 1.82) is 0 Å². The maximum atomic E-state index is 12.0. The molecule has 3 aromatic rings. The molecule has 0 saturated carbocycles. The number of aryl methyl sites for hydroxylation is 1. The van der Waals surface area contributed by atoms with Gasteiger partial charge < -0.3 is 10.1 Å². The number of ether oxygens (including phenoxy) is 1. The summed E-state index contributed by atoms with van der Waals surface area (Å²) in [5, 5.41) is 10.6. The van der Waals surface area contributed by atoms with Gasteiger partial charge in [0.1, 0.15) is 12.4 Å². The Morgan fingerprint density at radius 3 is 2.81 bits per heavy atom. The van der Waals surface area contributed by atoms with E-state index in [1.807, 2.05) is 55.5 Å². The largest absolute Gasteiger partial charge is 0.489 e. The fraction of sp³-hybridized carbons (Fsp3) is 0.200. The Morgan fingerprint density at radius 2 is 2.04 bits per heavy atom. The molecule has 1 unspecified atom stereocenters. The normalized spacial score (nSPS) is 16.1. The first kappa shape index (κ1) is 16.7. The van der Waals surface area contributed by atoms with Gasteiger partial charge in [-0.25, -0.2) is 0 Å². The summed E-state index contributed by atoms with van der Waals surface area (Å²) in [7, 11) is 0. The van der Waals surface area contributed by atoms with Crippen LogP contribution in [0.15, 0.2) is 48.5 Å². The molecule has 0 aliphatic carbocycles. The van der Waals surface area contributed by atoms with E-state index in [1.54, 1.807) is 0 Å². The first-order chi connectivity index (χ1) is 12.6. The van der Waals surface area contributed by atoms with Crippen molar-refractivity contribution in [3.63, 3.8) is 0 Å². The number of hydrogen-bond donors (Lipinski definition) is 2. The van der Waals surface area contributed by atoms with Gasteiger partial charge in [0.15, 0.2) is 5.82 Å². The number of rotatable bonds is 4. The molecule has 0 radical (unpaired) electrons. The molecule has 2 heterocycles. The lowest BCUT2D eigenvalue weighted by Gasteiger charge is -2.23. The van der Waals surface area contributed by atoms with E-state index >= 15 is 0 Å². The molecule has 1 amide bonds. The second-order valence-corrected chi connectivity index (χ2v) is 6.84. The van der Waals surface area contributed by atoms with E-state index in [0.717, 1.165) is 28.1 Å². The molecule has 0 fully saturated rings. The summed E-state index contributed by atoms with van der Waals surface area (Å²) in [6.45, 7) is 2.43. The molecular weight excluding hydrogens is 350 g/mol. The van der Waals surface area contributed by atoms with E-state index < -0.39 is 0 Å². The molecule has 1 aliphatic heterocycles. The Balaban J connectivity index is 1.51. The molecule has 0 bridgehead atoms. The van der Waals surface area contributed by atoms with Crippen molar-refractivity contribution in [3.05, 3.63) is 75.9 Å². The molecule has 2 N–H and O–H groups in total. The first-order valence-electron chi connectivity index (χ1n) is 8.42. The number of aromatic amines is 1. The molecule has 132 valence electrons. The monoisotopic (exact) mass is 367 g/mol. The van der Waals surface area contributed by atoms with Crippen LogP contribution in [-0.2, 0) is 11.4 Å². The van der Waals surface area contributed by atoms with Crippen LogP contribution < -0.4 is 10.1 Å². The second kappa shape index (κ2) is 6.84. The lowest BCUT2D eigenvalue weighted by molar-refractivity contribution is -0.116. The predicted octanol–water partition coefficient (Wildman–Crippen LogP) is 4.42. The van der Waals surface area contributed by atoms with Crippen molar-refractivity contribution in [1.82, 2.24) is 10.2 Å². The minimum absolute atomic E-state index is 0.000482. The zero-order valence-corrected chi connectivity index (χ0v) is 15.0. The van der Waals surface area contributed by atoms with Crippen LogP contribution in [0.5, 0.6) is 5.75 Å². The summed E-state index contributed by atoms with van der Waals surface area (Å²) in [5.41, 5.74) is 4.12. The van der Waals surface area contributed by atoms with Crippen LogP contribution in [0.3, 0.4) is 0 Å². The van der Waals surface area contributed by atoms with E-state index in [4.69, 9.17) is 16.3 Å². The number of halogens is 1. The Morgan fingerprint density at radius 1 is 1.23 bits per heavy atom. The summed E-state index contributed by atoms with van der Waals surface area (Å²) in [6.07, 6.45) is 0.413. The standard InChI is InChI=1S/C20H18ClN3O2/c1-12-19-17(10-18(25)22-20(19)24-23-12)14-5-7-16(8-6-14)26-11-13-3-2-4-15(21)9-13/h2-9,17H,10-11H2,1H3,(H2,22,23,24,25). The number of H-pyrrole nitrogens is 1. The van der Waals surface area contributed by atoms with Crippen molar-refractivity contribution in [3.8, 4) is 5.75 Å². The summed E-state index contributed by atoms with van der Waals surface area (Å²) < 4.78 is 5.83. The highest BCUT2D eigenvalue weighted by molar-refractivity contribution is 6.30. The number of anilines is 1. The number of carbonyl (C=O) groups excluding carboxylic acids is 1. The maximum Gasteiger partial charge on any atom is 0.226 e. The highest BCUT2D eigenvalue weighted by atomic mass is 35.5. The zero-order chi connectivity index (χ0) is 18.1. The Hall–Kier alpha value is -2.79. The van der Waals surface area contributed by atoms with Crippen LogP contribution in [-0.4, -0.2) is 16.1 Å². The zero-order valence-electron chi connectivity index (χ0n) is 14.3. The highest BCUT2D eigenvalue weighted by Gasteiger charge is 2.30. The first-order valence-corrected chi connectivity index (χ1v) is 8.80. The van der Waals surface area contributed by atoms with E-state index in [2.05, 4.69) is 15.5 Å². The topological polar surface area (TPSA) is 67.0 Å². The van der Waals surface area contributed by atoms with Gasteiger partial charge in [-0.3, -0.25) is 9.89 Å². The van der Waals surface area contributed by atoms with Gasteiger partial charge in [-0.1, -0.05) is 35.9 Å². The van der Waals surface area contributed by atoms with E-state index in [1.165, 1.54) is 0 Å². The smallest absolute Gasteiger partial charge is 0.226 e. The molecule has 1 aromatic heterocycles. The van der Waals surface area contributed by atoms with Gasteiger partial charge in [0.05, 0.1) is 0 Å². The second-order valence-electron chi connectivity index (χ2n) is 6.40. The van der Waals surface area contributed by atoms with Crippen molar-refractivity contribution >= 4 is 23.3 Å². The van der Waals surface area contributed by atoms with Crippen LogP contribution >= 0.6 is 11.6 Å². The maximum absolute atomic E-state index is 12.0. The Bertz CT molecular complexity index is 950. The Kier molecular flexibility index (Phi) is 4.39. The van der Waals surface area contributed by atoms with Gasteiger partial charge in [-0.05, 0) is 42.3 Å². The van der Waals surface area contributed by atoms with Crippen LogP contribution in [0.1, 0.15) is 34.7 Å². The van der Waals surface area contributed by atoms with Crippen molar-refractivity contribution < 1.29 is 9.53 Å². The molecule has 1 aliphatic rings. The Labute approximate surface area is 156 Å². The molecule has 6 heteroatoms. The molecule has 1 atom stereocenters. The summed E-state index contributed by atoms with van der Waals surface area (Å²) in [5.74, 6) is 1.39. The number of nitrogens with zero attached hydrogens (tertiary/aromatic N) is 1. The van der Waals surface area contributed by atoms with E-state index in [0.29, 0.717) is 23.9 Å². The summed E-state index contributed by atoms with van der Waals surface area (Å²) >= 11 is 5.99. The number of aromatic nitrogens is 2. The van der Waals surface area contributed by atoms with Crippen LogP contribution in [0.25, 0.3) is 0 Å². The SMILES string of the molecule is Cc1[nH]nc2c1C(c1ccc(OCc3cccc(Cl)c3)cc1)CC(=O)N2. The fourth-order valence-corrected chi connectivity index (χ4v) is 3.52. The van der Waals surface area contributed by atoms with Crippen molar-refractivity contribution in [2.45, 2.75) is 25.9 Å². The average Bonchev–Trinajstić information content (AvgIpc) is 3.00. The summed E-state index contributed by atoms with van der Waals surface area (Å²) in [4.78, 5) is 12.0. The number of benzene rings is 2. The van der Waals surface area contributed by atoms with Gasteiger partial charge in [0, 0.05) is 28.6 Å². The molecular formula is C20H18ClN3O2. The third-order valence-corrected chi connectivity index (χ3v) is 4.80. The molecule has 2 aromatic carbocycles. The van der Waals surface area contributed by atoms with Crippen LogP contribution in [0.2, 0.25) is 5.02 Å². The molecule has 4 rings (SSSR count). The number of hydrogen-bond acceptors (Lipinski definition) is 3. The molecule has 0 saturated heterocycles. The van der Waals surface area contributed by atoms with Gasteiger partial charge >= 0.3 is 0 Å². The highest BCUT2D eigenvalue weighted by Crippen LogP contribution is 2.38. The number of nitrogens with one attached hydrogen (secondary N) is 2. The number of carbonyl (C=O) groups is 1. The minimum atomic E-state index is -0.0183. The lowest BCUT2D eigenvalue weighted by Crippen LogP contribution is -2.23. The van der Waals surface area contributed by atoms with Crippen LogP contribution in [0.4, 0.5) is 5.82 Å². The third kappa shape index (κ3) is 3.30. The number of amides is 1. The summed E-state index contributed by atoms with van der Waals surface area (Å²) in [6, 6.07) is 15.5. The van der Waals surface area contributed by atoms with Gasteiger partial charge in [0.2, 0.25) is 5.91 Å². The van der Waals surface area contributed by atoms with Gasteiger partial charge in [-0.15, -0.1) is 0 Å². The third-order valence-electron chi connectivity index (χ3n) is 4.57. The molecule has 26 heavy (non-hydrogen) atoms. The average molecular weight is 368 g/mol. The lowest BCUT2D eigenvalue weighted by atomic mass is 9.86. The minimum Gasteiger partial charge on any atom is -0.489 e. The van der Waals surface area contributed by atoms with Gasteiger partial charge in [0.25, 0.3) is 0 Å². The van der Waals surface area contributed by atoms with Crippen LogP contribution in [0, 0.1) is 6.92 Å². The molecule has 0 spiro atoms. The van der Waals surface area contributed by atoms with E-state index in [9.17, 15) is 4.79 Å². The quantitative estimate of drug-likeness (QED) is 0.717. The predicted molar refractivity (Wildman–Crippen MR) is 101 cm³/mol. The van der Waals surface area contributed by atoms with Crippen molar-refractivity contribution in [2.75, 3.05) is 5.32 Å².